The average molecular weight is 350 g/mol. The Morgan fingerprint density at radius 3 is 2.69 bits per heavy atom. The number of hydrogen-bond acceptors (Lipinski definition) is 5. The van der Waals surface area contributed by atoms with Gasteiger partial charge in [-0.3, -0.25) is 9.78 Å². The van der Waals surface area contributed by atoms with Gasteiger partial charge in [0.15, 0.2) is 0 Å². The summed E-state index contributed by atoms with van der Waals surface area (Å²) in [5, 5.41) is 10.1. The number of carbonyl (C=O) groups excluding carboxylic acids is 1. The molecule has 2 aliphatic rings. The molecule has 4 rings (SSSR count). The summed E-state index contributed by atoms with van der Waals surface area (Å²) in [5.41, 5.74) is 1.16. The predicted octanol–water partition coefficient (Wildman–Crippen LogP) is 3.85. The highest BCUT2D eigenvalue weighted by atomic mass is 16.6. The fraction of sp³-hybridized carbons (Fsp3) is 0.476. The third-order valence-electron chi connectivity index (χ3n) is 5.60. The Morgan fingerprint density at radius 1 is 1.15 bits per heavy atom. The number of ether oxygens (including phenoxy) is 2. The Hall–Kier alpha value is -2.61. The first kappa shape index (κ1) is 16.8. The van der Waals surface area contributed by atoms with Gasteiger partial charge in [-0.1, -0.05) is 31.4 Å². The Balaban J connectivity index is 1.33. The van der Waals surface area contributed by atoms with E-state index >= 15 is 0 Å². The van der Waals surface area contributed by atoms with Crippen LogP contribution in [0.15, 0.2) is 30.5 Å². The van der Waals surface area contributed by atoms with Crippen molar-refractivity contribution in [3.8, 4) is 11.8 Å². The summed E-state index contributed by atoms with van der Waals surface area (Å²) < 4.78 is 11.2. The van der Waals surface area contributed by atoms with E-state index < -0.39 is 0 Å². The summed E-state index contributed by atoms with van der Waals surface area (Å²) in [6.07, 6.45) is 7.61. The molecule has 134 valence electrons. The van der Waals surface area contributed by atoms with E-state index in [1.54, 1.807) is 0 Å². The van der Waals surface area contributed by atoms with Crippen molar-refractivity contribution in [2.24, 2.45) is 17.8 Å². The lowest BCUT2D eigenvalue weighted by molar-refractivity contribution is -0.146. The number of fused-ring (bicyclic) bond motifs is 2. The normalized spacial score (nSPS) is 24.2. The lowest BCUT2D eigenvalue weighted by Gasteiger charge is -2.11. The molecule has 0 bridgehead atoms. The first-order valence-electron chi connectivity index (χ1n) is 9.37. The van der Waals surface area contributed by atoms with Crippen LogP contribution in [0.2, 0.25) is 0 Å². The quantitative estimate of drug-likeness (QED) is 0.605. The van der Waals surface area contributed by atoms with Gasteiger partial charge in [-0.2, -0.15) is 5.26 Å². The van der Waals surface area contributed by atoms with Crippen molar-refractivity contribution in [3.63, 3.8) is 0 Å². The molecule has 2 aliphatic carbocycles. The van der Waals surface area contributed by atoms with Crippen molar-refractivity contribution in [3.05, 3.63) is 36.0 Å². The summed E-state index contributed by atoms with van der Waals surface area (Å²) >= 11 is 0. The maximum atomic E-state index is 12.3. The standard InChI is InChI=1S/C21H22N2O3/c22-12-14-13-23-18-9-5-4-8-17(18)20(14)25-10-11-26-21(24)19-15-6-2-1-3-7-16(15)19/h4-5,8-9,13,15-16,19H,1-3,6-7,10-11H2/t15-,16+,19?. The molecule has 2 fully saturated rings. The Morgan fingerprint density at radius 2 is 1.92 bits per heavy atom. The lowest BCUT2D eigenvalue weighted by atomic mass is 10.1. The van der Waals surface area contributed by atoms with E-state index in [-0.39, 0.29) is 25.1 Å². The molecule has 0 radical (unpaired) electrons. The number of esters is 1. The van der Waals surface area contributed by atoms with Gasteiger partial charge in [0, 0.05) is 11.6 Å². The molecule has 0 spiro atoms. The summed E-state index contributed by atoms with van der Waals surface area (Å²) in [4.78, 5) is 16.6. The second-order valence-corrected chi connectivity index (χ2v) is 7.14. The summed E-state index contributed by atoms with van der Waals surface area (Å²) in [6.45, 7) is 0.437. The number of rotatable bonds is 5. The van der Waals surface area contributed by atoms with E-state index in [2.05, 4.69) is 11.1 Å². The van der Waals surface area contributed by atoms with Gasteiger partial charge in [0.05, 0.1) is 11.4 Å². The molecule has 0 aliphatic heterocycles. The van der Waals surface area contributed by atoms with Gasteiger partial charge in [-0.15, -0.1) is 0 Å². The van der Waals surface area contributed by atoms with Crippen molar-refractivity contribution in [2.45, 2.75) is 32.1 Å². The second-order valence-electron chi connectivity index (χ2n) is 7.14. The molecule has 1 unspecified atom stereocenters. The van der Waals surface area contributed by atoms with Crippen LogP contribution >= 0.6 is 0 Å². The number of para-hydroxylation sites is 1. The molecule has 2 saturated carbocycles. The number of aromatic nitrogens is 1. The minimum Gasteiger partial charge on any atom is -0.488 e. The molecule has 1 aromatic heterocycles. The number of hydrogen-bond donors (Lipinski definition) is 0. The van der Waals surface area contributed by atoms with Gasteiger partial charge in [-0.05, 0) is 36.8 Å². The Bertz CT molecular complexity index is 846. The van der Waals surface area contributed by atoms with Crippen molar-refractivity contribution in [2.75, 3.05) is 13.2 Å². The van der Waals surface area contributed by atoms with Gasteiger partial charge in [-0.25, -0.2) is 0 Å². The van der Waals surface area contributed by atoms with Crippen molar-refractivity contribution in [1.29, 1.82) is 5.26 Å². The van der Waals surface area contributed by atoms with Crippen molar-refractivity contribution in [1.82, 2.24) is 4.98 Å². The van der Waals surface area contributed by atoms with E-state index in [9.17, 15) is 10.1 Å². The largest absolute Gasteiger partial charge is 0.488 e. The highest BCUT2D eigenvalue weighted by Gasteiger charge is 2.54. The molecule has 0 saturated heterocycles. The van der Waals surface area contributed by atoms with E-state index in [1.165, 1.54) is 25.5 Å². The highest BCUT2D eigenvalue weighted by Crippen LogP contribution is 2.54. The Kier molecular flexibility index (Phi) is 4.75. The molecular weight excluding hydrogens is 328 g/mol. The minimum atomic E-state index is -0.0782. The van der Waals surface area contributed by atoms with Gasteiger partial charge < -0.3 is 9.47 Å². The number of nitriles is 1. The van der Waals surface area contributed by atoms with E-state index in [0.29, 0.717) is 23.1 Å². The molecule has 0 amide bonds. The van der Waals surface area contributed by atoms with Crippen LogP contribution in [0.1, 0.15) is 37.7 Å². The van der Waals surface area contributed by atoms with Crippen LogP contribution < -0.4 is 4.74 Å². The van der Waals surface area contributed by atoms with Crippen LogP contribution in [0.3, 0.4) is 0 Å². The van der Waals surface area contributed by atoms with Crippen LogP contribution in [-0.2, 0) is 9.53 Å². The highest BCUT2D eigenvalue weighted by molar-refractivity contribution is 5.87. The molecule has 2 aromatic rings. The lowest BCUT2D eigenvalue weighted by Crippen LogP contribution is -2.15. The average Bonchev–Trinajstić information content (AvgIpc) is 3.40. The zero-order valence-corrected chi connectivity index (χ0v) is 14.7. The smallest absolute Gasteiger partial charge is 0.309 e. The molecular formula is C21H22N2O3. The maximum absolute atomic E-state index is 12.3. The molecule has 1 aromatic carbocycles. The number of pyridine rings is 1. The predicted molar refractivity (Wildman–Crippen MR) is 96.5 cm³/mol. The molecule has 0 N–H and O–H groups in total. The van der Waals surface area contributed by atoms with Gasteiger partial charge in [0.1, 0.15) is 30.6 Å². The third kappa shape index (κ3) is 3.24. The van der Waals surface area contributed by atoms with Crippen molar-refractivity contribution < 1.29 is 14.3 Å². The molecule has 5 nitrogen and oxygen atoms in total. The first-order valence-corrected chi connectivity index (χ1v) is 9.37. The number of carbonyl (C=O) groups is 1. The topological polar surface area (TPSA) is 72.2 Å². The number of nitrogens with zero attached hydrogens (tertiary/aromatic N) is 2. The monoisotopic (exact) mass is 350 g/mol. The van der Waals surface area contributed by atoms with Crippen LogP contribution in [0.25, 0.3) is 10.9 Å². The summed E-state index contributed by atoms with van der Waals surface area (Å²) in [7, 11) is 0. The third-order valence-corrected chi connectivity index (χ3v) is 5.60. The van der Waals surface area contributed by atoms with Crippen LogP contribution in [0.5, 0.6) is 5.75 Å². The van der Waals surface area contributed by atoms with Gasteiger partial charge in [0.25, 0.3) is 0 Å². The molecule has 26 heavy (non-hydrogen) atoms. The maximum Gasteiger partial charge on any atom is 0.309 e. The van der Waals surface area contributed by atoms with Crippen LogP contribution in [0, 0.1) is 29.1 Å². The van der Waals surface area contributed by atoms with E-state index in [4.69, 9.17) is 9.47 Å². The second kappa shape index (κ2) is 7.33. The fourth-order valence-corrected chi connectivity index (χ4v) is 4.25. The molecule has 5 heteroatoms. The fourth-order valence-electron chi connectivity index (χ4n) is 4.25. The number of benzene rings is 1. The van der Waals surface area contributed by atoms with Crippen LogP contribution in [-0.4, -0.2) is 24.2 Å². The van der Waals surface area contributed by atoms with E-state index in [0.717, 1.165) is 23.7 Å². The summed E-state index contributed by atoms with van der Waals surface area (Å²) in [5.74, 6) is 1.61. The van der Waals surface area contributed by atoms with Crippen LogP contribution in [0.4, 0.5) is 0 Å². The first-order chi connectivity index (χ1) is 12.8. The van der Waals surface area contributed by atoms with Gasteiger partial charge in [0.2, 0.25) is 0 Å². The van der Waals surface area contributed by atoms with Crippen molar-refractivity contribution >= 4 is 16.9 Å². The minimum absolute atomic E-state index is 0.0782. The SMILES string of the molecule is N#Cc1cnc2ccccc2c1OCCOC(=O)C1[C@H]2CCCCC[C@@H]12. The Labute approximate surface area is 152 Å². The zero-order valence-electron chi connectivity index (χ0n) is 14.7. The van der Waals surface area contributed by atoms with E-state index in [1.807, 2.05) is 24.3 Å². The molecule has 1 heterocycles. The molecule has 3 atom stereocenters. The zero-order chi connectivity index (χ0) is 17.9. The van der Waals surface area contributed by atoms with Gasteiger partial charge >= 0.3 is 5.97 Å². The summed E-state index contributed by atoms with van der Waals surface area (Å²) in [6, 6.07) is 9.64.